The maximum atomic E-state index is 11.2. The topological polar surface area (TPSA) is 35.9 Å². The summed E-state index contributed by atoms with van der Waals surface area (Å²) in [6.07, 6.45) is 0. The Morgan fingerprint density at radius 3 is 2.35 bits per heavy atom. The molecule has 0 unspecified atom stereocenters. The first-order valence-corrected chi connectivity index (χ1v) is 8.07. The van der Waals surface area contributed by atoms with Gasteiger partial charge in [-0.1, -0.05) is 35.0 Å². The highest BCUT2D eigenvalue weighted by atomic mass is 35.5. The van der Waals surface area contributed by atoms with E-state index in [1.54, 1.807) is 0 Å². The van der Waals surface area contributed by atoms with Crippen LogP contribution in [0.2, 0.25) is 10.0 Å². The molecule has 1 fully saturated rings. The lowest BCUT2D eigenvalue weighted by Gasteiger charge is -2.36. The van der Waals surface area contributed by atoms with Crippen molar-refractivity contribution < 1.29 is 4.79 Å². The van der Waals surface area contributed by atoms with Crippen molar-refractivity contribution in [3.8, 4) is 0 Å². The largest absolute Gasteiger partial charge is 0.368 e. The van der Waals surface area contributed by atoms with E-state index in [0.29, 0.717) is 15.8 Å². The number of hydrogen-bond acceptors (Lipinski definition) is 4. The van der Waals surface area contributed by atoms with Crippen LogP contribution in [0.25, 0.3) is 0 Å². The second-order valence-corrected chi connectivity index (χ2v) is 6.41. The number of halogens is 2. The van der Waals surface area contributed by atoms with Gasteiger partial charge in [-0.3, -0.25) is 4.79 Å². The summed E-state index contributed by atoms with van der Waals surface area (Å²) < 4.78 is 0. The van der Waals surface area contributed by atoms with Crippen LogP contribution < -0.4 is 4.90 Å². The Bertz CT molecular complexity index is 571. The van der Waals surface area contributed by atoms with Gasteiger partial charge in [-0.15, -0.1) is 0 Å². The van der Waals surface area contributed by atoms with E-state index < -0.39 is 0 Å². The van der Waals surface area contributed by atoms with Crippen molar-refractivity contribution in [1.29, 1.82) is 0 Å². The summed E-state index contributed by atoms with van der Waals surface area (Å²) in [5.74, 6) is 0.444. The highest BCUT2D eigenvalue weighted by molar-refractivity contribution is 8.14. The zero-order valence-corrected chi connectivity index (χ0v) is 13.0. The third kappa shape index (κ3) is 2.90. The summed E-state index contributed by atoms with van der Waals surface area (Å²) >= 11 is 13.5. The van der Waals surface area contributed by atoms with Gasteiger partial charge < -0.3 is 9.80 Å². The molecule has 1 amide bonds. The maximum absolute atomic E-state index is 11.2. The van der Waals surface area contributed by atoms with Gasteiger partial charge in [0.1, 0.15) is 0 Å². The van der Waals surface area contributed by atoms with Crippen LogP contribution in [0.4, 0.5) is 5.69 Å². The monoisotopic (exact) mass is 329 g/mol. The first-order chi connectivity index (χ1) is 9.63. The molecule has 4 nitrogen and oxygen atoms in total. The van der Waals surface area contributed by atoms with E-state index >= 15 is 0 Å². The standard InChI is InChI=1S/C13H13Cl2N3OS/c14-10-2-1-9(7-11(10)15)17-3-5-18(6-4-17)13-16-12(19)8-20-13/h1-2,7H,3-6,8H2. The fourth-order valence-corrected chi connectivity index (χ4v) is 3.44. The smallest absolute Gasteiger partial charge is 0.258 e. The van der Waals surface area contributed by atoms with Crippen molar-refractivity contribution in [2.24, 2.45) is 4.99 Å². The van der Waals surface area contributed by atoms with Crippen LogP contribution in [0.3, 0.4) is 0 Å². The molecule has 1 aromatic rings. The van der Waals surface area contributed by atoms with Gasteiger partial charge in [0.25, 0.3) is 5.91 Å². The van der Waals surface area contributed by atoms with Crippen molar-refractivity contribution in [1.82, 2.24) is 4.90 Å². The minimum Gasteiger partial charge on any atom is -0.368 e. The fourth-order valence-electron chi connectivity index (χ4n) is 2.30. The van der Waals surface area contributed by atoms with Gasteiger partial charge in [-0.25, -0.2) is 0 Å². The third-order valence-corrected chi connectivity index (χ3v) is 5.10. The molecule has 106 valence electrons. The van der Waals surface area contributed by atoms with E-state index in [0.717, 1.165) is 37.0 Å². The number of hydrogen-bond donors (Lipinski definition) is 0. The van der Waals surface area contributed by atoms with Crippen LogP contribution in [-0.2, 0) is 4.79 Å². The molecule has 0 radical (unpaired) electrons. The summed E-state index contributed by atoms with van der Waals surface area (Å²) in [4.78, 5) is 19.7. The molecule has 2 aliphatic rings. The summed E-state index contributed by atoms with van der Waals surface area (Å²) in [6, 6.07) is 5.70. The summed E-state index contributed by atoms with van der Waals surface area (Å²) in [6.45, 7) is 3.48. The number of carbonyl (C=O) groups excluding carboxylic acids is 1. The quantitative estimate of drug-likeness (QED) is 0.793. The molecule has 1 saturated heterocycles. The Labute approximate surface area is 131 Å². The molecule has 0 N–H and O–H groups in total. The zero-order valence-electron chi connectivity index (χ0n) is 10.7. The predicted octanol–water partition coefficient (Wildman–Crippen LogP) is 2.74. The number of rotatable bonds is 1. The second kappa shape index (κ2) is 5.84. The zero-order chi connectivity index (χ0) is 14.1. The van der Waals surface area contributed by atoms with Crippen molar-refractivity contribution in [3.05, 3.63) is 28.2 Å². The van der Waals surface area contributed by atoms with E-state index in [4.69, 9.17) is 23.2 Å². The summed E-state index contributed by atoms with van der Waals surface area (Å²) in [7, 11) is 0. The van der Waals surface area contributed by atoms with Gasteiger partial charge in [-0.05, 0) is 18.2 Å². The second-order valence-electron chi connectivity index (χ2n) is 4.65. The van der Waals surface area contributed by atoms with E-state index in [1.807, 2.05) is 18.2 Å². The molecule has 0 saturated carbocycles. The number of thioether (sulfide) groups is 1. The number of benzene rings is 1. The Hall–Kier alpha value is -0.910. The first-order valence-electron chi connectivity index (χ1n) is 6.33. The average Bonchev–Trinajstić information content (AvgIpc) is 2.89. The third-order valence-electron chi connectivity index (χ3n) is 3.36. The molecular weight excluding hydrogens is 317 g/mol. The molecule has 0 aromatic heterocycles. The molecule has 0 bridgehead atoms. The first kappa shape index (κ1) is 14.0. The van der Waals surface area contributed by atoms with Crippen molar-refractivity contribution in [3.63, 3.8) is 0 Å². The molecule has 7 heteroatoms. The number of amides is 1. The highest BCUT2D eigenvalue weighted by Gasteiger charge is 2.24. The normalized spacial score (nSPS) is 19.5. The SMILES string of the molecule is O=C1CSC(N2CCN(c3ccc(Cl)c(Cl)c3)CC2)=N1. The van der Waals surface area contributed by atoms with Crippen LogP contribution in [-0.4, -0.2) is 47.9 Å². The van der Waals surface area contributed by atoms with Crippen molar-refractivity contribution in [2.75, 3.05) is 36.8 Å². The fraction of sp³-hybridized carbons (Fsp3) is 0.385. The molecule has 0 aliphatic carbocycles. The van der Waals surface area contributed by atoms with Crippen LogP contribution in [0.1, 0.15) is 0 Å². The molecule has 1 aromatic carbocycles. The lowest BCUT2D eigenvalue weighted by atomic mass is 10.2. The number of amidine groups is 1. The van der Waals surface area contributed by atoms with E-state index in [-0.39, 0.29) is 5.91 Å². The molecule has 0 atom stereocenters. The van der Waals surface area contributed by atoms with Gasteiger partial charge in [0.05, 0.1) is 15.8 Å². The number of anilines is 1. The van der Waals surface area contributed by atoms with Gasteiger partial charge in [0, 0.05) is 31.9 Å². The molecule has 3 rings (SSSR count). The Kier molecular flexibility index (Phi) is 4.10. The number of nitrogens with zero attached hydrogens (tertiary/aromatic N) is 3. The predicted molar refractivity (Wildman–Crippen MR) is 85.1 cm³/mol. The molecule has 0 spiro atoms. The van der Waals surface area contributed by atoms with Crippen LogP contribution in [0.15, 0.2) is 23.2 Å². The number of piperazine rings is 1. The van der Waals surface area contributed by atoms with Gasteiger partial charge >= 0.3 is 0 Å². The van der Waals surface area contributed by atoms with Gasteiger partial charge in [0.2, 0.25) is 0 Å². The summed E-state index contributed by atoms with van der Waals surface area (Å²) in [5, 5.41) is 2.01. The summed E-state index contributed by atoms with van der Waals surface area (Å²) in [5.41, 5.74) is 1.08. The highest BCUT2D eigenvalue weighted by Crippen LogP contribution is 2.28. The molecule has 20 heavy (non-hydrogen) atoms. The van der Waals surface area contributed by atoms with Gasteiger partial charge in [0.15, 0.2) is 5.17 Å². The number of aliphatic imine (C=N–C) groups is 1. The van der Waals surface area contributed by atoms with Crippen LogP contribution in [0, 0.1) is 0 Å². The van der Waals surface area contributed by atoms with Crippen LogP contribution in [0.5, 0.6) is 0 Å². The maximum Gasteiger partial charge on any atom is 0.258 e. The van der Waals surface area contributed by atoms with Crippen molar-refractivity contribution in [2.45, 2.75) is 0 Å². The van der Waals surface area contributed by atoms with Crippen LogP contribution >= 0.6 is 35.0 Å². The minimum atomic E-state index is -0.0306. The Morgan fingerprint density at radius 1 is 1.05 bits per heavy atom. The average molecular weight is 330 g/mol. The van der Waals surface area contributed by atoms with E-state index in [1.165, 1.54) is 11.8 Å². The molecular formula is C13H13Cl2N3OS. The number of carbonyl (C=O) groups is 1. The minimum absolute atomic E-state index is 0.0306. The molecule has 2 aliphatic heterocycles. The molecule has 2 heterocycles. The van der Waals surface area contributed by atoms with E-state index in [2.05, 4.69) is 14.8 Å². The van der Waals surface area contributed by atoms with Crippen molar-refractivity contribution >= 4 is 51.7 Å². The lowest BCUT2D eigenvalue weighted by molar-refractivity contribution is -0.115. The van der Waals surface area contributed by atoms with E-state index in [9.17, 15) is 4.79 Å². The lowest BCUT2D eigenvalue weighted by Crippen LogP contribution is -2.47. The Balaban J connectivity index is 1.65. The Morgan fingerprint density at radius 2 is 1.75 bits per heavy atom. The van der Waals surface area contributed by atoms with Gasteiger partial charge in [-0.2, -0.15) is 4.99 Å².